The van der Waals surface area contributed by atoms with Crippen molar-refractivity contribution >= 4 is 34.4 Å². The minimum absolute atomic E-state index is 0.305. The smallest absolute Gasteiger partial charge is 0.257 e. The number of furan rings is 1. The normalized spacial score (nSPS) is 11.1. The predicted molar refractivity (Wildman–Crippen MR) is 125 cm³/mol. The summed E-state index contributed by atoms with van der Waals surface area (Å²) in [5.74, 6) is 1.56. The number of hydrogen-bond donors (Lipinski definition) is 2. The summed E-state index contributed by atoms with van der Waals surface area (Å²) in [4.78, 5) is 21.6. The van der Waals surface area contributed by atoms with Gasteiger partial charge >= 0.3 is 0 Å². The van der Waals surface area contributed by atoms with E-state index in [0.717, 1.165) is 11.1 Å². The molecule has 34 heavy (non-hydrogen) atoms. The summed E-state index contributed by atoms with van der Waals surface area (Å²) in [6.07, 6.45) is 4.79. The van der Waals surface area contributed by atoms with Crippen LogP contribution >= 0.6 is 11.6 Å². The lowest BCUT2D eigenvalue weighted by atomic mass is 10.1. The number of carbonyl (C=O) groups excluding carboxylic acids is 1. The molecule has 0 saturated heterocycles. The van der Waals surface area contributed by atoms with Crippen molar-refractivity contribution in [3.05, 3.63) is 77.3 Å². The van der Waals surface area contributed by atoms with Crippen LogP contribution in [0.15, 0.2) is 64.1 Å². The molecule has 1 aromatic carbocycles. The molecule has 0 unspecified atom stereocenters. The molecular weight excluding hydrogens is 458 g/mol. The lowest BCUT2D eigenvalue weighted by Gasteiger charge is -2.08. The van der Waals surface area contributed by atoms with Crippen molar-refractivity contribution in [1.82, 2.24) is 30.2 Å². The summed E-state index contributed by atoms with van der Waals surface area (Å²) >= 11 is 6.29. The zero-order valence-electron chi connectivity index (χ0n) is 18.2. The van der Waals surface area contributed by atoms with Gasteiger partial charge in [-0.2, -0.15) is 5.10 Å². The molecule has 0 atom stereocenters. The first-order valence-electron chi connectivity index (χ1n) is 10.5. The van der Waals surface area contributed by atoms with Gasteiger partial charge in [0.05, 0.1) is 36.0 Å². The van der Waals surface area contributed by atoms with Gasteiger partial charge < -0.3 is 19.6 Å². The third-order valence-electron chi connectivity index (χ3n) is 5.27. The van der Waals surface area contributed by atoms with E-state index in [1.807, 2.05) is 24.3 Å². The van der Waals surface area contributed by atoms with Crippen molar-refractivity contribution in [2.45, 2.75) is 20.0 Å². The summed E-state index contributed by atoms with van der Waals surface area (Å²) < 4.78 is 12.3. The van der Waals surface area contributed by atoms with Crippen molar-refractivity contribution in [2.75, 3.05) is 11.9 Å². The fourth-order valence-electron chi connectivity index (χ4n) is 3.62. The number of halogens is 1. The molecule has 0 saturated carbocycles. The van der Waals surface area contributed by atoms with Crippen LogP contribution in [0.3, 0.4) is 0 Å². The molecule has 0 aliphatic rings. The van der Waals surface area contributed by atoms with E-state index in [2.05, 4.69) is 30.9 Å². The highest BCUT2D eigenvalue weighted by atomic mass is 35.5. The Hall–Kier alpha value is -4.18. The topological polar surface area (TPSA) is 124 Å². The van der Waals surface area contributed by atoms with Crippen LogP contribution in [0, 0.1) is 6.92 Å². The van der Waals surface area contributed by atoms with Crippen LogP contribution in [0.25, 0.3) is 22.3 Å². The minimum Gasteiger partial charge on any atom is -0.467 e. The fourth-order valence-corrected chi connectivity index (χ4v) is 3.85. The van der Waals surface area contributed by atoms with Crippen molar-refractivity contribution in [3.63, 3.8) is 0 Å². The SMILES string of the molecule is Cc1onc(-c2ccccc2Cl)c1C(=O)NCCn1ncc2c(NCc3ccco3)ncnc21. The van der Waals surface area contributed by atoms with Gasteiger partial charge in [0.2, 0.25) is 0 Å². The second-order valence-corrected chi connectivity index (χ2v) is 7.87. The average molecular weight is 478 g/mol. The Morgan fingerprint density at radius 2 is 2.06 bits per heavy atom. The van der Waals surface area contributed by atoms with E-state index in [1.54, 1.807) is 36.2 Å². The van der Waals surface area contributed by atoms with E-state index in [1.165, 1.54) is 6.33 Å². The second-order valence-electron chi connectivity index (χ2n) is 7.46. The molecule has 2 N–H and O–H groups in total. The van der Waals surface area contributed by atoms with Crippen LogP contribution in [0.5, 0.6) is 0 Å². The first kappa shape index (κ1) is 21.7. The third-order valence-corrected chi connectivity index (χ3v) is 5.60. The largest absolute Gasteiger partial charge is 0.467 e. The maximum atomic E-state index is 12.9. The lowest BCUT2D eigenvalue weighted by molar-refractivity contribution is 0.0951. The third kappa shape index (κ3) is 4.23. The monoisotopic (exact) mass is 477 g/mol. The molecule has 1 amide bonds. The molecule has 0 radical (unpaired) electrons. The van der Waals surface area contributed by atoms with Gasteiger partial charge in [0.25, 0.3) is 5.91 Å². The Balaban J connectivity index is 1.27. The Morgan fingerprint density at radius 1 is 1.18 bits per heavy atom. The highest BCUT2D eigenvalue weighted by Gasteiger charge is 2.23. The van der Waals surface area contributed by atoms with E-state index in [0.29, 0.717) is 58.7 Å². The van der Waals surface area contributed by atoms with E-state index < -0.39 is 0 Å². The zero-order chi connectivity index (χ0) is 23.5. The van der Waals surface area contributed by atoms with E-state index >= 15 is 0 Å². The number of carbonyl (C=O) groups is 1. The summed E-state index contributed by atoms with van der Waals surface area (Å²) in [6, 6.07) is 10.9. The summed E-state index contributed by atoms with van der Waals surface area (Å²) in [5, 5.41) is 15.8. The predicted octanol–water partition coefficient (Wildman–Crippen LogP) is 4.08. The van der Waals surface area contributed by atoms with Crippen LogP contribution in [0.2, 0.25) is 5.02 Å². The highest BCUT2D eigenvalue weighted by Crippen LogP contribution is 2.30. The summed E-state index contributed by atoms with van der Waals surface area (Å²) in [7, 11) is 0. The molecule has 0 aliphatic heterocycles. The molecule has 0 spiro atoms. The van der Waals surface area contributed by atoms with Gasteiger partial charge in [-0.15, -0.1) is 0 Å². The van der Waals surface area contributed by atoms with Gasteiger partial charge in [-0.3, -0.25) is 4.79 Å². The van der Waals surface area contributed by atoms with Gasteiger partial charge in [0.15, 0.2) is 5.65 Å². The maximum absolute atomic E-state index is 12.9. The molecule has 5 rings (SSSR count). The Bertz CT molecular complexity index is 1440. The van der Waals surface area contributed by atoms with Crippen LogP contribution in [-0.2, 0) is 13.1 Å². The minimum atomic E-state index is -0.305. The molecule has 4 heterocycles. The first-order valence-corrected chi connectivity index (χ1v) is 10.9. The Labute approximate surface area is 198 Å². The van der Waals surface area contributed by atoms with E-state index in [-0.39, 0.29) is 5.91 Å². The quantitative estimate of drug-likeness (QED) is 0.342. The standard InChI is InChI=1S/C23H20ClN7O3/c1-14-19(20(30-34-14)16-6-2-3-7-18(16)24)23(32)25-8-9-31-22-17(12-29-31)21(27-13-28-22)26-11-15-5-4-10-33-15/h2-7,10,12-13H,8-9,11H2,1H3,(H,25,32)(H,26,27,28). The molecule has 5 aromatic rings. The average Bonchev–Trinajstić information content (AvgIpc) is 3.59. The van der Waals surface area contributed by atoms with Gasteiger partial charge in [-0.1, -0.05) is 35.0 Å². The Kier molecular flexibility index (Phi) is 5.96. The first-order chi connectivity index (χ1) is 16.6. The number of anilines is 1. The number of aromatic nitrogens is 5. The number of amides is 1. The molecule has 172 valence electrons. The summed E-state index contributed by atoms with van der Waals surface area (Å²) in [6.45, 7) is 2.92. The van der Waals surface area contributed by atoms with Gasteiger partial charge in [-0.25, -0.2) is 14.6 Å². The van der Waals surface area contributed by atoms with E-state index in [9.17, 15) is 4.79 Å². The zero-order valence-corrected chi connectivity index (χ0v) is 18.9. The van der Waals surface area contributed by atoms with Crippen molar-refractivity contribution in [3.8, 4) is 11.3 Å². The van der Waals surface area contributed by atoms with Gasteiger partial charge in [0, 0.05) is 12.1 Å². The number of hydrogen-bond acceptors (Lipinski definition) is 8. The van der Waals surface area contributed by atoms with Gasteiger partial charge in [0.1, 0.15) is 34.9 Å². The number of rotatable bonds is 8. The maximum Gasteiger partial charge on any atom is 0.257 e. The van der Waals surface area contributed by atoms with Crippen molar-refractivity contribution in [2.24, 2.45) is 0 Å². The Morgan fingerprint density at radius 3 is 2.88 bits per heavy atom. The number of nitrogens with one attached hydrogen (secondary N) is 2. The van der Waals surface area contributed by atoms with E-state index in [4.69, 9.17) is 20.5 Å². The number of benzene rings is 1. The molecular formula is C23H20ClN7O3. The van der Waals surface area contributed by atoms with Crippen molar-refractivity contribution in [1.29, 1.82) is 0 Å². The van der Waals surface area contributed by atoms with Crippen LogP contribution < -0.4 is 10.6 Å². The molecule has 0 fully saturated rings. The number of nitrogens with zero attached hydrogens (tertiary/aromatic N) is 5. The van der Waals surface area contributed by atoms with Crippen LogP contribution in [0.1, 0.15) is 21.9 Å². The molecule has 0 aliphatic carbocycles. The highest BCUT2D eigenvalue weighted by molar-refractivity contribution is 6.33. The van der Waals surface area contributed by atoms with Crippen molar-refractivity contribution < 1.29 is 13.7 Å². The van der Waals surface area contributed by atoms with Gasteiger partial charge in [-0.05, 0) is 25.1 Å². The lowest BCUT2D eigenvalue weighted by Crippen LogP contribution is -2.28. The number of fused-ring (bicyclic) bond motifs is 1. The molecule has 11 heteroatoms. The van der Waals surface area contributed by atoms with Crippen LogP contribution in [0.4, 0.5) is 5.82 Å². The van der Waals surface area contributed by atoms with Crippen LogP contribution in [-0.4, -0.2) is 37.4 Å². The summed E-state index contributed by atoms with van der Waals surface area (Å²) in [5.41, 5.74) is 2.05. The molecule has 4 aromatic heterocycles. The molecule has 0 bridgehead atoms. The second kappa shape index (κ2) is 9.36. The fraction of sp³-hybridized carbons (Fsp3) is 0.174. The number of aryl methyl sites for hydroxylation is 1. The molecule has 10 nitrogen and oxygen atoms in total.